The molecule has 0 saturated heterocycles. The molecule has 1 amide bonds. The Morgan fingerprint density at radius 3 is 2.64 bits per heavy atom. The molecular formula is C18H19N5O3S2. The highest BCUT2D eigenvalue weighted by Crippen LogP contribution is 2.21. The van der Waals surface area contributed by atoms with Crippen LogP contribution in [0.5, 0.6) is 0 Å². The van der Waals surface area contributed by atoms with Gasteiger partial charge in [-0.3, -0.25) is 9.59 Å². The lowest BCUT2D eigenvalue weighted by molar-refractivity contribution is -0.147. The number of rotatable bonds is 7. The number of hydrogen-bond donors (Lipinski definition) is 1. The normalized spacial score (nSPS) is 10.8. The van der Waals surface area contributed by atoms with Crippen LogP contribution in [0.25, 0.3) is 11.0 Å². The quantitative estimate of drug-likeness (QED) is 0.355. The average Bonchev–Trinajstić information content (AvgIpc) is 3.15. The first-order valence-electron chi connectivity index (χ1n) is 8.52. The van der Waals surface area contributed by atoms with Crippen molar-refractivity contribution in [3.05, 3.63) is 35.2 Å². The van der Waals surface area contributed by atoms with Crippen LogP contribution in [-0.4, -0.2) is 43.5 Å². The maximum atomic E-state index is 12.1. The zero-order valence-corrected chi connectivity index (χ0v) is 17.3. The van der Waals surface area contributed by atoms with E-state index in [-0.39, 0.29) is 13.0 Å². The number of benzene rings is 1. The zero-order valence-electron chi connectivity index (χ0n) is 15.7. The van der Waals surface area contributed by atoms with Gasteiger partial charge in [0.25, 0.3) is 5.91 Å². The lowest BCUT2D eigenvalue weighted by Gasteiger charge is -2.10. The Kier molecular flexibility index (Phi) is 6.53. The third kappa shape index (κ3) is 4.82. The van der Waals surface area contributed by atoms with Gasteiger partial charge in [-0.15, -0.1) is 0 Å². The van der Waals surface area contributed by atoms with Gasteiger partial charge in [-0.25, -0.2) is 9.97 Å². The summed E-state index contributed by atoms with van der Waals surface area (Å²) >= 11 is 2.55. The van der Waals surface area contributed by atoms with Crippen LogP contribution in [-0.2, 0) is 20.7 Å². The highest BCUT2D eigenvalue weighted by molar-refractivity contribution is 7.98. The molecule has 0 aliphatic heterocycles. The maximum absolute atomic E-state index is 12.1. The molecule has 0 saturated carbocycles. The van der Waals surface area contributed by atoms with E-state index in [9.17, 15) is 9.59 Å². The Morgan fingerprint density at radius 1 is 1.18 bits per heavy atom. The van der Waals surface area contributed by atoms with Crippen LogP contribution in [0.2, 0.25) is 0 Å². The van der Waals surface area contributed by atoms with Crippen LogP contribution in [0.15, 0.2) is 23.4 Å². The molecule has 0 aliphatic carbocycles. The molecule has 8 nitrogen and oxygen atoms in total. The van der Waals surface area contributed by atoms with Crippen molar-refractivity contribution < 1.29 is 14.3 Å². The number of esters is 1. The van der Waals surface area contributed by atoms with Crippen molar-refractivity contribution >= 4 is 52.1 Å². The number of nitrogens with one attached hydrogen (secondary N) is 1. The fraction of sp³-hybridized carbons (Fsp3) is 0.333. The van der Waals surface area contributed by atoms with Gasteiger partial charge < -0.3 is 10.1 Å². The van der Waals surface area contributed by atoms with E-state index in [1.807, 2.05) is 26.2 Å². The molecule has 3 aromatic rings. The second kappa shape index (κ2) is 9.07. The minimum absolute atomic E-state index is 0.155. The van der Waals surface area contributed by atoms with Crippen LogP contribution in [0.1, 0.15) is 23.4 Å². The van der Waals surface area contributed by atoms with Crippen LogP contribution in [0, 0.1) is 13.8 Å². The van der Waals surface area contributed by atoms with Gasteiger partial charge in [0.2, 0.25) is 0 Å². The lowest BCUT2D eigenvalue weighted by Crippen LogP contribution is -2.21. The summed E-state index contributed by atoms with van der Waals surface area (Å²) in [6.07, 6.45) is 2.54. The molecule has 0 spiro atoms. The van der Waals surface area contributed by atoms with Crippen LogP contribution in [0.3, 0.4) is 0 Å². The number of hydrogen-bond acceptors (Lipinski definition) is 9. The molecular weight excluding hydrogens is 398 g/mol. The lowest BCUT2D eigenvalue weighted by atomic mass is 10.1. The van der Waals surface area contributed by atoms with E-state index >= 15 is 0 Å². The van der Waals surface area contributed by atoms with E-state index < -0.39 is 11.9 Å². The van der Waals surface area contributed by atoms with Crippen LogP contribution < -0.4 is 5.32 Å². The highest BCUT2D eigenvalue weighted by atomic mass is 32.2. The number of aromatic nitrogens is 4. The van der Waals surface area contributed by atoms with Gasteiger partial charge in [-0.1, -0.05) is 17.8 Å². The fourth-order valence-electron chi connectivity index (χ4n) is 2.70. The van der Waals surface area contributed by atoms with Gasteiger partial charge in [0.1, 0.15) is 11.0 Å². The van der Waals surface area contributed by atoms with Crippen molar-refractivity contribution in [2.45, 2.75) is 31.8 Å². The molecule has 0 atom stereocenters. The summed E-state index contributed by atoms with van der Waals surface area (Å²) in [5.41, 5.74) is 4.51. The Balaban J connectivity index is 1.50. The number of nitrogens with zero attached hydrogens (tertiary/aromatic N) is 4. The molecule has 0 unspecified atom stereocenters. The second-order valence-electron chi connectivity index (χ2n) is 6.01. The van der Waals surface area contributed by atoms with Crippen molar-refractivity contribution in [1.29, 1.82) is 0 Å². The highest BCUT2D eigenvalue weighted by Gasteiger charge is 2.14. The minimum Gasteiger partial charge on any atom is -0.456 e. The number of ether oxygens (including phenoxy) is 1. The number of carbonyl (C=O) groups is 2. The largest absolute Gasteiger partial charge is 0.456 e. The van der Waals surface area contributed by atoms with E-state index in [1.165, 1.54) is 11.8 Å². The number of anilines is 1. The third-order valence-corrected chi connectivity index (χ3v) is 5.18. The van der Waals surface area contributed by atoms with Gasteiger partial charge >= 0.3 is 5.97 Å². The smallest absolute Gasteiger partial charge is 0.306 e. The summed E-state index contributed by atoms with van der Waals surface area (Å²) < 4.78 is 13.4. The summed E-state index contributed by atoms with van der Waals surface area (Å²) in [5.74, 6) is -0.870. The number of thioether (sulfide) groups is 1. The molecule has 0 fully saturated rings. The van der Waals surface area contributed by atoms with E-state index in [2.05, 4.69) is 24.0 Å². The standard InChI is InChI=1S/C18H19N5O3S2/c1-10-12(11(2)20-18(19-10)27-3)7-8-16(25)26-9-15(24)21-13-5-4-6-14-17(13)23-28-22-14/h4-6H,7-9H2,1-3H3,(H,21,24). The monoisotopic (exact) mass is 417 g/mol. The first kappa shape index (κ1) is 20.2. The molecule has 0 aliphatic rings. The van der Waals surface area contributed by atoms with Crippen molar-refractivity contribution in [3.63, 3.8) is 0 Å². The molecule has 2 heterocycles. The molecule has 146 valence electrons. The molecule has 0 radical (unpaired) electrons. The zero-order chi connectivity index (χ0) is 20.1. The Morgan fingerprint density at radius 2 is 1.93 bits per heavy atom. The minimum atomic E-state index is -0.448. The topological polar surface area (TPSA) is 107 Å². The SMILES string of the molecule is CSc1nc(C)c(CCC(=O)OCC(=O)Nc2cccc3nsnc23)c(C)n1. The Labute approximate surface area is 170 Å². The van der Waals surface area contributed by atoms with Crippen molar-refractivity contribution in [1.82, 2.24) is 18.7 Å². The average molecular weight is 418 g/mol. The molecule has 1 N–H and O–H groups in total. The van der Waals surface area contributed by atoms with Gasteiger partial charge in [-0.2, -0.15) is 8.75 Å². The van der Waals surface area contributed by atoms with Gasteiger partial charge in [0.05, 0.1) is 17.4 Å². The predicted molar refractivity (Wildman–Crippen MR) is 109 cm³/mol. The molecule has 3 rings (SSSR count). The molecule has 0 bridgehead atoms. The number of aryl methyl sites for hydroxylation is 2. The summed E-state index contributed by atoms with van der Waals surface area (Å²) in [6.45, 7) is 3.44. The first-order valence-corrected chi connectivity index (χ1v) is 10.5. The van der Waals surface area contributed by atoms with E-state index in [0.717, 1.165) is 28.7 Å². The summed E-state index contributed by atoms with van der Waals surface area (Å²) in [4.78, 5) is 32.9. The number of carbonyl (C=O) groups excluding carboxylic acids is 2. The molecule has 2 aromatic heterocycles. The maximum Gasteiger partial charge on any atom is 0.306 e. The summed E-state index contributed by atoms with van der Waals surface area (Å²) in [6, 6.07) is 5.32. The molecule has 28 heavy (non-hydrogen) atoms. The summed E-state index contributed by atoms with van der Waals surface area (Å²) in [7, 11) is 0. The molecule has 10 heteroatoms. The third-order valence-electron chi connectivity index (χ3n) is 4.09. The van der Waals surface area contributed by atoms with Crippen molar-refractivity contribution in [3.8, 4) is 0 Å². The van der Waals surface area contributed by atoms with E-state index in [1.54, 1.807) is 12.1 Å². The van der Waals surface area contributed by atoms with Crippen molar-refractivity contribution in [2.24, 2.45) is 0 Å². The number of fused-ring (bicyclic) bond motifs is 1. The van der Waals surface area contributed by atoms with E-state index in [4.69, 9.17) is 4.74 Å². The molecule has 1 aromatic carbocycles. The first-order chi connectivity index (χ1) is 13.5. The summed E-state index contributed by atoms with van der Waals surface area (Å²) in [5, 5.41) is 3.41. The van der Waals surface area contributed by atoms with Crippen LogP contribution in [0.4, 0.5) is 5.69 Å². The number of amides is 1. The van der Waals surface area contributed by atoms with Crippen molar-refractivity contribution in [2.75, 3.05) is 18.2 Å². The van der Waals surface area contributed by atoms with Gasteiger partial charge in [-0.05, 0) is 44.2 Å². The second-order valence-corrected chi connectivity index (χ2v) is 7.31. The Hall–Kier alpha value is -2.59. The van der Waals surface area contributed by atoms with Gasteiger partial charge in [0.15, 0.2) is 11.8 Å². The fourth-order valence-corrected chi connectivity index (χ4v) is 3.71. The van der Waals surface area contributed by atoms with E-state index in [0.29, 0.717) is 28.3 Å². The van der Waals surface area contributed by atoms with Gasteiger partial charge in [0, 0.05) is 17.8 Å². The van der Waals surface area contributed by atoms with Crippen LogP contribution >= 0.6 is 23.5 Å². The predicted octanol–water partition coefficient (Wildman–Crippen LogP) is 2.93. The Bertz CT molecular complexity index is 998.